The van der Waals surface area contributed by atoms with Crippen LogP contribution in [-0.2, 0) is 15.6 Å². The molecule has 1 aliphatic heterocycles. The van der Waals surface area contributed by atoms with E-state index in [1.165, 1.54) is 33.4 Å². The molecule has 0 aliphatic carbocycles. The second-order valence-electron chi connectivity index (χ2n) is 14.2. The van der Waals surface area contributed by atoms with E-state index in [1.807, 2.05) is 41.3 Å². The molecule has 6 aromatic carbocycles. The van der Waals surface area contributed by atoms with Crippen LogP contribution in [0.1, 0.15) is 71.7 Å². The Balaban J connectivity index is 1.51. The Bertz CT molecular complexity index is 1980. The zero-order valence-corrected chi connectivity index (χ0v) is 28.8. The first-order valence-corrected chi connectivity index (χ1v) is 17.2. The minimum absolute atomic E-state index is 0.0192. The van der Waals surface area contributed by atoms with Crippen LogP contribution in [0.4, 0.5) is 5.69 Å². The van der Waals surface area contributed by atoms with Crippen molar-refractivity contribution < 1.29 is 4.79 Å². The van der Waals surface area contributed by atoms with Crippen LogP contribution >= 0.6 is 0 Å². The van der Waals surface area contributed by atoms with Crippen molar-refractivity contribution in [3.05, 3.63) is 214 Å². The quantitative estimate of drug-likeness (QED) is 0.126. The van der Waals surface area contributed by atoms with E-state index in [2.05, 4.69) is 161 Å². The lowest BCUT2D eigenvalue weighted by Gasteiger charge is -2.51. The SMILES string of the molecule is Cc1ccc(C2(C)CC(C)(C)N(C(=O)/C=C/c3ccccc3)c3ccc(C(c4ccccc4)(c4ccccc4)c4ccccc4)cc32)cc1. The number of carbonyl (C=O) groups is 1. The van der Waals surface area contributed by atoms with Crippen molar-refractivity contribution in [2.24, 2.45) is 0 Å². The Kier molecular flexibility index (Phi) is 8.42. The molecule has 6 aromatic rings. The molecule has 0 bridgehead atoms. The fourth-order valence-corrected chi connectivity index (χ4v) is 8.24. The summed E-state index contributed by atoms with van der Waals surface area (Å²) in [6.45, 7) is 8.90. The number of carbonyl (C=O) groups excluding carboxylic acids is 1. The van der Waals surface area contributed by atoms with Crippen LogP contribution in [0.3, 0.4) is 0 Å². The van der Waals surface area contributed by atoms with Gasteiger partial charge in [-0.3, -0.25) is 4.79 Å². The normalized spacial score (nSPS) is 17.1. The van der Waals surface area contributed by atoms with Crippen molar-refractivity contribution in [1.29, 1.82) is 0 Å². The molecule has 2 heteroatoms. The zero-order valence-electron chi connectivity index (χ0n) is 28.8. The smallest absolute Gasteiger partial charge is 0.251 e. The highest BCUT2D eigenvalue weighted by molar-refractivity contribution is 6.06. The Morgan fingerprint density at radius 3 is 1.61 bits per heavy atom. The molecule has 0 spiro atoms. The van der Waals surface area contributed by atoms with Crippen LogP contribution in [0.25, 0.3) is 6.08 Å². The van der Waals surface area contributed by atoms with Crippen molar-refractivity contribution in [2.45, 2.75) is 50.5 Å². The van der Waals surface area contributed by atoms with Gasteiger partial charge in [-0.1, -0.05) is 170 Å². The predicted octanol–water partition coefficient (Wildman–Crippen LogP) is 10.9. The van der Waals surface area contributed by atoms with Gasteiger partial charge in [0.2, 0.25) is 0 Å². The van der Waals surface area contributed by atoms with Crippen LogP contribution in [0, 0.1) is 6.92 Å². The predicted molar refractivity (Wildman–Crippen MR) is 204 cm³/mol. The molecule has 1 heterocycles. The fourth-order valence-electron chi connectivity index (χ4n) is 8.24. The summed E-state index contributed by atoms with van der Waals surface area (Å²) in [4.78, 5) is 16.4. The Morgan fingerprint density at radius 1 is 0.612 bits per heavy atom. The first-order valence-electron chi connectivity index (χ1n) is 17.2. The highest BCUT2D eigenvalue weighted by atomic mass is 16.2. The number of hydrogen-bond acceptors (Lipinski definition) is 1. The van der Waals surface area contributed by atoms with Crippen LogP contribution < -0.4 is 4.90 Å². The molecule has 0 saturated heterocycles. The molecule has 7 rings (SSSR count). The summed E-state index contributed by atoms with van der Waals surface area (Å²) in [7, 11) is 0. The van der Waals surface area contributed by atoms with Crippen LogP contribution in [-0.4, -0.2) is 11.4 Å². The first-order chi connectivity index (χ1) is 23.7. The highest BCUT2D eigenvalue weighted by Gasteiger charge is 2.49. The standard InChI is InChI=1S/C47H43NO/c1-35-25-28-37(29-26-35)46(4)34-45(2,3)48(44(49)32-27-36-17-9-5-10-18-36)43-31-30-41(33-42(43)46)47(38-19-11-6-12-20-38,39-21-13-7-14-22-39)40-23-15-8-16-24-40/h5-33H,34H2,1-4H3/b32-27+. The summed E-state index contributed by atoms with van der Waals surface area (Å²) >= 11 is 0. The highest BCUT2D eigenvalue weighted by Crippen LogP contribution is 2.53. The monoisotopic (exact) mass is 637 g/mol. The number of anilines is 1. The summed E-state index contributed by atoms with van der Waals surface area (Å²) in [5.74, 6) is -0.0192. The molecular weight excluding hydrogens is 595 g/mol. The Morgan fingerprint density at radius 2 is 1.10 bits per heavy atom. The molecule has 0 radical (unpaired) electrons. The molecule has 1 aliphatic rings. The molecule has 1 unspecified atom stereocenters. The van der Waals surface area contributed by atoms with E-state index in [0.717, 1.165) is 23.2 Å². The van der Waals surface area contributed by atoms with Gasteiger partial charge in [-0.15, -0.1) is 0 Å². The van der Waals surface area contributed by atoms with E-state index >= 15 is 0 Å². The molecule has 0 saturated carbocycles. The van der Waals surface area contributed by atoms with Gasteiger partial charge in [-0.25, -0.2) is 0 Å². The van der Waals surface area contributed by atoms with E-state index in [9.17, 15) is 4.79 Å². The van der Waals surface area contributed by atoms with Gasteiger partial charge in [0.1, 0.15) is 0 Å². The van der Waals surface area contributed by atoms with Crippen molar-refractivity contribution in [1.82, 2.24) is 0 Å². The van der Waals surface area contributed by atoms with E-state index in [-0.39, 0.29) is 11.3 Å². The summed E-state index contributed by atoms with van der Waals surface area (Å²) in [6.07, 6.45) is 4.41. The number of fused-ring (bicyclic) bond motifs is 1. The molecule has 0 fully saturated rings. The van der Waals surface area contributed by atoms with E-state index in [0.29, 0.717) is 0 Å². The summed E-state index contributed by atoms with van der Waals surface area (Å²) in [5.41, 5.74) is 8.93. The molecule has 242 valence electrons. The molecular formula is C47H43NO. The largest absolute Gasteiger partial charge is 0.303 e. The van der Waals surface area contributed by atoms with Gasteiger partial charge >= 0.3 is 0 Å². The fraction of sp³-hybridized carbons (Fsp3) is 0.170. The van der Waals surface area contributed by atoms with Crippen molar-refractivity contribution in [2.75, 3.05) is 4.90 Å². The number of benzene rings is 6. The second kappa shape index (κ2) is 12.9. The summed E-state index contributed by atoms with van der Waals surface area (Å²) in [5, 5.41) is 0. The number of amides is 1. The molecule has 49 heavy (non-hydrogen) atoms. The Labute approximate surface area is 291 Å². The molecule has 1 amide bonds. The molecule has 1 atom stereocenters. The number of nitrogens with zero attached hydrogens (tertiary/aromatic N) is 1. The van der Waals surface area contributed by atoms with Crippen molar-refractivity contribution >= 4 is 17.7 Å². The van der Waals surface area contributed by atoms with E-state index < -0.39 is 11.0 Å². The van der Waals surface area contributed by atoms with E-state index in [1.54, 1.807) is 6.08 Å². The third kappa shape index (κ3) is 5.72. The minimum Gasteiger partial charge on any atom is -0.303 e. The molecule has 0 aromatic heterocycles. The topological polar surface area (TPSA) is 20.3 Å². The summed E-state index contributed by atoms with van der Waals surface area (Å²) < 4.78 is 0. The minimum atomic E-state index is -0.595. The maximum Gasteiger partial charge on any atom is 0.251 e. The zero-order chi connectivity index (χ0) is 34.1. The van der Waals surface area contributed by atoms with Crippen molar-refractivity contribution in [3.63, 3.8) is 0 Å². The summed E-state index contributed by atoms with van der Waals surface area (Å²) in [6, 6.07) is 58.3. The van der Waals surface area contributed by atoms with Crippen molar-refractivity contribution in [3.8, 4) is 0 Å². The van der Waals surface area contributed by atoms with Crippen LogP contribution in [0.15, 0.2) is 170 Å². The second-order valence-corrected chi connectivity index (χ2v) is 14.2. The van der Waals surface area contributed by atoms with Gasteiger partial charge in [0, 0.05) is 22.7 Å². The van der Waals surface area contributed by atoms with Gasteiger partial charge < -0.3 is 4.90 Å². The van der Waals surface area contributed by atoms with Crippen LogP contribution in [0.5, 0.6) is 0 Å². The number of aryl methyl sites for hydroxylation is 1. The number of hydrogen-bond donors (Lipinski definition) is 0. The maximum absolute atomic E-state index is 14.3. The van der Waals surface area contributed by atoms with Gasteiger partial charge in [-0.2, -0.15) is 0 Å². The van der Waals surface area contributed by atoms with Crippen LogP contribution in [0.2, 0.25) is 0 Å². The molecule has 2 nitrogen and oxygen atoms in total. The molecule has 0 N–H and O–H groups in total. The third-order valence-electron chi connectivity index (χ3n) is 10.4. The number of rotatable bonds is 7. The average Bonchev–Trinajstić information content (AvgIpc) is 3.13. The third-order valence-corrected chi connectivity index (χ3v) is 10.4. The lowest BCUT2D eigenvalue weighted by molar-refractivity contribution is -0.115. The lowest BCUT2D eigenvalue weighted by Crippen LogP contribution is -2.55. The average molecular weight is 638 g/mol. The van der Waals surface area contributed by atoms with Gasteiger partial charge in [0.15, 0.2) is 0 Å². The Hall–Kier alpha value is -5.47. The van der Waals surface area contributed by atoms with E-state index in [4.69, 9.17) is 0 Å². The van der Waals surface area contributed by atoms with Gasteiger partial charge in [0.05, 0.1) is 5.41 Å². The first kappa shape index (κ1) is 32.1. The van der Waals surface area contributed by atoms with Gasteiger partial charge in [0.25, 0.3) is 5.91 Å². The maximum atomic E-state index is 14.3. The van der Waals surface area contributed by atoms with Gasteiger partial charge in [-0.05, 0) is 78.3 Å². The lowest BCUT2D eigenvalue weighted by atomic mass is 9.61.